The molecule has 2 aromatic heterocycles. The van der Waals surface area contributed by atoms with Gasteiger partial charge in [-0.2, -0.15) is 0 Å². The second kappa shape index (κ2) is 9.68. The zero-order chi connectivity index (χ0) is 23.5. The van der Waals surface area contributed by atoms with Gasteiger partial charge in [0.25, 0.3) is 11.5 Å². The smallest absolute Gasteiger partial charge is 0.258 e. The first kappa shape index (κ1) is 22.9. The van der Waals surface area contributed by atoms with Crippen LogP contribution in [0.2, 0.25) is 10.0 Å². The number of amides is 1. The Bertz CT molecular complexity index is 1370. The third-order valence-electron chi connectivity index (χ3n) is 5.22. The molecule has 2 aromatic carbocycles. The van der Waals surface area contributed by atoms with Crippen LogP contribution in [0.25, 0.3) is 16.6 Å². The minimum atomic E-state index is -0.285. The summed E-state index contributed by atoms with van der Waals surface area (Å²) in [6.07, 6.45) is 4.44. The van der Waals surface area contributed by atoms with Crippen molar-refractivity contribution in [2.24, 2.45) is 0 Å². The number of fused-ring (bicyclic) bond motifs is 1. The molecule has 0 aliphatic carbocycles. The van der Waals surface area contributed by atoms with E-state index in [9.17, 15) is 9.59 Å². The van der Waals surface area contributed by atoms with Gasteiger partial charge < -0.3 is 19.2 Å². The van der Waals surface area contributed by atoms with Crippen molar-refractivity contribution in [3.05, 3.63) is 86.6 Å². The van der Waals surface area contributed by atoms with Crippen LogP contribution in [0.3, 0.4) is 0 Å². The number of ether oxygens (including phenoxy) is 1. The molecule has 0 fully saturated rings. The molecule has 0 radical (unpaired) electrons. The van der Waals surface area contributed by atoms with Gasteiger partial charge in [0.05, 0.1) is 40.8 Å². The SMILES string of the molecule is CCCN(Cc1nc2cc(Cl)ccc2c(=O)[nH]1)C(=O)c1cc(Cl)c(-n2cccc2)cc1OC. The Kier molecular flexibility index (Phi) is 6.72. The largest absolute Gasteiger partial charge is 0.496 e. The number of hydrogen-bond acceptors (Lipinski definition) is 4. The van der Waals surface area contributed by atoms with Crippen LogP contribution in [-0.2, 0) is 6.54 Å². The fourth-order valence-corrected chi connectivity index (χ4v) is 4.11. The molecule has 0 saturated carbocycles. The Morgan fingerprint density at radius 2 is 1.94 bits per heavy atom. The van der Waals surface area contributed by atoms with Crippen LogP contribution in [0.4, 0.5) is 0 Å². The van der Waals surface area contributed by atoms with Crippen LogP contribution in [-0.4, -0.2) is 39.0 Å². The third kappa shape index (κ3) is 4.74. The number of benzene rings is 2. The molecular weight excluding hydrogens is 463 g/mol. The van der Waals surface area contributed by atoms with Gasteiger partial charge >= 0.3 is 0 Å². The van der Waals surface area contributed by atoms with E-state index >= 15 is 0 Å². The maximum atomic E-state index is 13.5. The molecule has 0 bridgehead atoms. The quantitative estimate of drug-likeness (QED) is 0.396. The van der Waals surface area contributed by atoms with E-state index in [1.165, 1.54) is 7.11 Å². The second-order valence-electron chi connectivity index (χ2n) is 7.50. The highest BCUT2D eigenvalue weighted by atomic mass is 35.5. The summed E-state index contributed by atoms with van der Waals surface area (Å²) in [5.41, 5.74) is 1.22. The van der Waals surface area contributed by atoms with Gasteiger partial charge in [-0.15, -0.1) is 0 Å². The lowest BCUT2D eigenvalue weighted by Crippen LogP contribution is -2.33. The zero-order valence-corrected chi connectivity index (χ0v) is 19.7. The number of aromatic nitrogens is 3. The molecule has 0 spiro atoms. The Morgan fingerprint density at radius 1 is 1.18 bits per heavy atom. The molecule has 0 unspecified atom stereocenters. The zero-order valence-electron chi connectivity index (χ0n) is 18.1. The van der Waals surface area contributed by atoms with Crippen LogP contribution in [0.5, 0.6) is 5.75 Å². The summed E-state index contributed by atoms with van der Waals surface area (Å²) in [6, 6.07) is 12.0. The number of nitrogens with zero attached hydrogens (tertiary/aromatic N) is 3. The first-order valence-electron chi connectivity index (χ1n) is 10.4. The van der Waals surface area contributed by atoms with Gasteiger partial charge in [0.1, 0.15) is 11.6 Å². The van der Waals surface area contributed by atoms with Gasteiger partial charge in [0.15, 0.2) is 0 Å². The predicted molar refractivity (Wildman–Crippen MR) is 130 cm³/mol. The minimum absolute atomic E-state index is 0.116. The fourth-order valence-electron chi connectivity index (χ4n) is 3.68. The first-order valence-corrected chi connectivity index (χ1v) is 11.2. The lowest BCUT2D eigenvalue weighted by molar-refractivity contribution is 0.0735. The molecule has 0 aliphatic heterocycles. The molecule has 1 N–H and O–H groups in total. The Labute approximate surface area is 200 Å². The van der Waals surface area contributed by atoms with Gasteiger partial charge in [0, 0.05) is 30.0 Å². The standard InChI is InChI=1S/C24H22Cl2N4O3/c1-3-8-30(14-22-27-19-11-15(25)6-7-16(19)23(31)28-22)24(32)17-12-18(26)20(13-21(17)33-2)29-9-4-5-10-29/h4-7,9-13H,3,8,14H2,1-2H3,(H,27,28,31). The maximum absolute atomic E-state index is 13.5. The molecule has 4 rings (SSSR count). The second-order valence-corrected chi connectivity index (χ2v) is 8.34. The fraction of sp³-hybridized carbons (Fsp3) is 0.208. The van der Waals surface area contributed by atoms with Crippen molar-refractivity contribution in [1.82, 2.24) is 19.4 Å². The van der Waals surface area contributed by atoms with Crippen molar-refractivity contribution in [3.63, 3.8) is 0 Å². The molecular formula is C24H22Cl2N4O3. The van der Waals surface area contributed by atoms with E-state index in [4.69, 9.17) is 27.9 Å². The highest BCUT2D eigenvalue weighted by Crippen LogP contribution is 2.31. The summed E-state index contributed by atoms with van der Waals surface area (Å²) in [5, 5.41) is 1.33. The van der Waals surface area contributed by atoms with Gasteiger partial charge in [-0.1, -0.05) is 30.1 Å². The van der Waals surface area contributed by atoms with Crippen molar-refractivity contribution in [1.29, 1.82) is 0 Å². The summed E-state index contributed by atoms with van der Waals surface area (Å²) in [4.78, 5) is 34.9. The normalized spacial score (nSPS) is 11.0. The number of nitrogens with one attached hydrogen (secondary N) is 1. The van der Waals surface area contributed by atoms with Gasteiger partial charge in [-0.3, -0.25) is 9.59 Å². The summed E-state index contributed by atoms with van der Waals surface area (Å²) < 4.78 is 7.37. The molecule has 0 saturated heterocycles. The van der Waals surface area contributed by atoms with Crippen molar-refractivity contribution >= 4 is 40.0 Å². The van der Waals surface area contributed by atoms with Gasteiger partial charge in [-0.25, -0.2) is 4.98 Å². The van der Waals surface area contributed by atoms with Crippen molar-refractivity contribution in [3.8, 4) is 11.4 Å². The van der Waals surface area contributed by atoms with Crippen LogP contribution in [0.1, 0.15) is 29.5 Å². The molecule has 170 valence electrons. The van der Waals surface area contributed by atoms with Crippen LogP contribution in [0.15, 0.2) is 59.7 Å². The minimum Gasteiger partial charge on any atom is -0.496 e. The number of methoxy groups -OCH3 is 1. The summed E-state index contributed by atoms with van der Waals surface area (Å²) in [6.45, 7) is 2.54. The van der Waals surface area contributed by atoms with Crippen molar-refractivity contribution < 1.29 is 9.53 Å². The maximum Gasteiger partial charge on any atom is 0.258 e. The van der Waals surface area contributed by atoms with Crippen LogP contribution < -0.4 is 10.3 Å². The average Bonchev–Trinajstić information content (AvgIpc) is 3.32. The van der Waals surface area contributed by atoms with E-state index in [-0.39, 0.29) is 18.0 Å². The number of carbonyl (C=O) groups is 1. The van der Waals surface area contributed by atoms with Crippen molar-refractivity contribution in [2.75, 3.05) is 13.7 Å². The predicted octanol–water partition coefficient (Wildman–Crippen LogP) is 5.08. The Balaban J connectivity index is 1.70. The van der Waals surface area contributed by atoms with E-state index in [0.717, 1.165) is 0 Å². The topological polar surface area (TPSA) is 80.2 Å². The van der Waals surface area contributed by atoms with Gasteiger partial charge in [0.2, 0.25) is 0 Å². The first-order chi connectivity index (χ1) is 15.9. The molecule has 0 aliphatic rings. The highest BCUT2D eigenvalue weighted by Gasteiger charge is 2.23. The molecule has 33 heavy (non-hydrogen) atoms. The molecule has 4 aromatic rings. The highest BCUT2D eigenvalue weighted by molar-refractivity contribution is 6.33. The monoisotopic (exact) mass is 484 g/mol. The lowest BCUT2D eigenvalue weighted by atomic mass is 10.1. The Morgan fingerprint density at radius 3 is 2.64 bits per heavy atom. The average molecular weight is 485 g/mol. The molecule has 7 nitrogen and oxygen atoms in total. The van der Waals surface area contributed by atoms with Crippen LogP contribution >= 0.6 is 23.2 Å². The molecule has 0 atom stereocenters. The van der Waals surface area contributed by atoms with E-state index in [0.29, 0.717) is 56.7 Å². The number of rotatable bonds is 7. The van der Waals surface area contributed by atoms with Crippen molar-refractivity contribution in [2.45, 2.75) is 19.9 Å². The van der Waals surface area contributed by atoms with Gasteiger partial charge in [-0.05, 0) is 42.8 Å². The number of H-pyrrole nitrogens is 1. The number of halogens is 2. The summed E-state index contributed by atoms with van der Waals surface area (Å²) >= 11 is 12.6. The number of carbonyl (C=O) groups excluding carboxylic acids is 1. The number of hydrogen-bond donors (Lipinski definition) is 1. The summed E-state index contributed by atoms with van der Waals surface area (Å²) in [5.74, 6) is 0.495. The van der Waals surface area contributed by atoms with Crippen LogP contribution in [0, 0.1) is 0 Å². The molecule has 9 heteroatoms. The molecule has 1 amide bonds. The summed E-state index contributed by atoms with van der Waals surface area (Å²) in [7, 11) is 1.51. The number of aromatic amines is 1. The third-order valence-corrected chi connectivity index (χ3v) is 5.76. The van der Waals surface area contributed by atoms with E-state index in [2.05, 4.69) is 9.97 Å². The van der Waals surface area contributed by atoms with E-state index in [1.807, 2.05) is 36.0 Å². The van der Waals surface area contributed by atoms with E-state index in [1.54, 1.807) is 35.2 Å². The lowest BCUT2D eigenvalue weighted by Gasteiger charge is -2.23. The van der Waals surface area contributed by atoms with E-state index < -0.39 is 0 Å². The Hall–Kier alpha value is -3.29. The molecule has 2 heterocycles.